The molecule has 2 heterocycles. The maximum absolute atomic E-state index is 4.40. The number of nitrogens with zero attached hydrogens (tertiary/aromatic N) is 5. The Hall–Kier alpha value is -2.18. The molecule has 0 aliphatic heterocycles. The van der Waals surface area contributed by atoms with E-state index in [1.165, 1.54) is 19.3 Å². The Kier molecular flexibility index (Phi) is 3.76. The van der Waals surface area contributed by atoms with E-state index in [1.807, 2.05) is 19.2 Å². The lowest BCUT2D eigenvalue weighted by molar-refractivity contribution is 0.749. The molecule has 7 heteroatoms. The van der Waals surface area contributed by atoms with Crippen molar-refractivity contribution in [3.8, 4) is 5.95 Å². The summed E-state index contributed by atoms with van der Waals surface area (Å²) in [5.41, 5.74) is 0. The molecule has 0 aromatic carbocycles. The third-order valence-corrected chi connectivity index (χ3v) is 3.20. The van der Waals surface area contributed by atoms with Crippen LogP contribution in [0.25, 0.3) is 5.95 Å². The first-order chi connectivity index (χ1) is 9.85. The lowest BCUT2D eigenvalue weighted by Crippen LogP contribution is -2.13. The van der Waals surface area contributed by atoms with Crippen molar-refractivity contribution in [3.05, 3.63) is 18.5 Å². The first-order valence-electron chi connectivity index (χ1n) is 7.09. The third kappa shape index (κ3) is 3.23. The summed E-state index contributed by atoms with van der Waals surface area (Å²) in [6.45, 7) is 3.68. The largest absolute Gasteiger partial charge is 0.354 e. The second kappa shape index (κ2) is 5.85. The van der Waals surface area contributed by atoms with Crippen molar-refractivity contribution < 1.29 is 0 Å². The fourth-order valence-electron chi connectivity index (χ4n) is 1.97. The van der Waals surface area contributed by atoms with Crippen molar-refractivity contribution >= 4 is 11.9 Å². The van der Waals surface area contributed by atoms with Gasteiger partial charge in [-0.15, -0.1) is 0 Å². The number of hydrogen-bond acceptors (Lipinski definition) is 6. The zero-order valence-corrected chi connectivity index (χ0v) is 11.6. The summed E-state index contributed by atoms with van der Waals surface area (Å²) in [6, 6.07) is 1.84. The van der Waals surface area contributed by atoms with Crippen molar-refractivity contribution in [2.75, 3.05) is 23.7 Å². The van der Waals surface area contributed by atoms with Crippen molar-refractivity contribution in [2.24, 2.45) is 5.92 Å². The zero-order valence-electron chi connectivity index (χ0n) is 11.6. The highest BCUT2D eigenvalue weighted by Crippen LogP contribution is 2.31. The van der Waals surface area contributed by atoms with Crippen LogP contribution >= 0.6 is 0 Å². The van der Waals surface area contributed by atoms with Crippen molar-refractivity contribution in [1.82, 2.24) is 24.7 Å². The normalized spacial score (nSPS) is 14.2. The predicted octanol–water partition coefficient (Wildman–Crippen LogP) is 1.70. The van der Waals surface area contributed by atoms with Gasteiger partial charge in [0, 0.05) is 25.5 Å². The fourth-order valence-corrected chi connectivity index (χ4v) is 1.97. The summed E-state index contributed by atoms with van der Waals surface area (Å²) in [5, 5.41) is 10.5. The van der Waals surface area contributed by atoms with Crippen LogP contribution in [0, 0.1) is 5.92 Å². The molecule has 106 valence electrons. The van der Waals surface area contributed by atoms with Gasteiger partial charge in [0.2, 0.25) is 11.9 Å². The van der Waals surface area contributed by atoms with Crippen LogP contribution in [0.1, 0.15) is 26.2 Å². The van der Waals surface area contributed by atoms with Gasteiger partial charge in [-0.25, -0.2) is 4.68 Å². The zero-order chi connectivity index (χ0) is 13.8. The smallest absolute Gasteiger partial charge is 0.257 e. The number of rotatable bonds is 7. The van der Waals surface area contributed by atoms with Gasteiger partial charge in [-0.1, -0.05) is 12.8 Å². The molecule has 1 aliphatic rings. The van der Waals surface area contributed by atoms with Crippen molar-refractivity contribution in [2.45, 2.75) is 26.2 Å². The lowest BCUT2D eigenvalue weighted by atomic mass is 10.3. The van der Waals surface area contributed by atoms with Crippen LogP contribution in [0.4, 0.5) is 11.9 Å². The van der Waals surface area contributed by atoms with E-state index >= 15 is 0 Å². The molecule has 0 bridgehead atoms. The van der Waals surface area contributed by atoms with E-state index in [2.05, 4.69) is 30.7 Å². The maximum Gasteiger partial charge on any atom is 0.257 e. The Balaban J connectivity index is 1.76. The van der Waals surface area contributed by atoms with Gasteiger partial charge in [0.1, 0.15) is 0 Å². The molecule has 1 aliphatic carbocycles. The Morgan fingerprint density at radius 3 is 2.65 bits per heavy atom. The van der Waals surface area contributed by atoms with E-state index in [-0.39, 0.29) is 0 Å². The molecule has 0 radical (unpaired) electrons. The maximum atomic E-state index is 4.40. The molecule has 0 atom stereocenters. The first kappa shape index (κ1) is 12.8. The number of hydrogen-bond donors (Lipinski definition) is 2. The summed E-state index contributed by atoms with van der Waals surface area (Å²) >= 11 is 0. The van der Waals surface area contributed by atoms with Gasteiger partial charge in [-0.05, 0) is 25.3 Å². The molecule has 0 spiro atoms. The van der Waals surface area contributed by atoms with E-state index in [0.29, 0.717) is 17.8 Å². The third-order valence-electron chi connectivity index (χ3n) is 3.20. The van der Waals surface area contributed by atoms with Crippen LogP contribution in [-0.4, -0.2) is 37.8 Å². The summed E-state index contributed by atoms with van der Waals surface area (Å²) in [4.78, 5) is 13.1. The molecule has 7 nitrogen and oxygen atoms in total. The topological polar surface area (TPSA) is 80.5 Å². The summed E-state index contributed by atoms with van der Waals surface area (Å²) < 4.78 is 1.63. The summed E-state index contributed by atoms with van der Waals surface area (Å²) in [5.74, 6) is 2.59. The quantitative estimate of drug-likeness (QED) is 0.799. The van der Waals surface area contributed by atoms with Crippen LogP contribution in [0.2, 0.25) is 0 Å². The van der Waals surface area contributed by atoms with Gasteiger partial charge in [-0.3, -0.25) is 0 Å². The standard InChI is InChI=1S/C13H19N7/c1-2-14-11-17-12(15-8-6-10-4-5-10)19-13(18-11)20-9-3-7-16-20/h3,7,9-10H,2,4-6,8H2,1H3,(H2,14,15,17,18,19). The van der Waals surface area contributed by atoms with Gasteiger partial charge in [0.05, 0.1) is 0 Å². The molecule has 0 saturated heterocycles. The molecule has 0 amide bonds. The minimum atomic E-state index is 0.523. The monoisotopic (exact) mass is 273 g/mol. The van der Waals surface area contributed by atoms with Gasteiger partial charge >= 0.3 is 0 Å². The summed E-state index contributed by atoms with van der Waals surface area (Å²) in [7, 11) is 0. The molecule has 0 unspecified atom stereocenters. The van der Waals surface area contributed by atoms with Crippen LogP contribution in [0.3, 0.4) is 0 Å². The van der Waals surface area contributed by atoms with Gasteiger partial charge in [-0.2, -0.15) is 20.1 Å². The Labute approximate surface area is 117 Å². The minimum Gasteiger partial charge on any atom is -0.354 e. The highest BCUT2D eigenvalue weighted by molar-refractivity contribution is 5.37. The van der Waals surface area contributed by atoms with Crippen LogP contribution in [0.15, 0.2) is 18.5 Å². The van der Waals surface area contributed by atoms with E-state index < -0.39 is 0 Å². The van der Waals surface area contributed by atoms with Crippen molar-refractivity contribution in [1.29, 1.82) is 0 Å². The second-order valence-corrected chi connectivity index (χ2v) is 4.92. The van der Waals surface area contributed by atoms with Gasteiger partial charge < -0.3 is 10.6 Å². The number of nitrogens with one attached hydrogen (secondary N) is 2. The molecule has 1 saturated carbocycles. The lowest BCUT2D eigenvalue weighted by Gasteiger charge is -2.09. The average Bonchev–Trinajstić information content (AvgIpc) is 3.10. The van der Waals surface area contributed by atoms with E-state index in [9.17, 15) is 0 Å². The number of anilines is 2. The van der Waals surface area contributed by atoms with Gasteiger partial charge in [0.25, 0.3) is 5.95 Å². The highest BCUT2D eigenvalue weighted by atomic mass is 15.4. The molecular formula is C13H19N7. The van der Waals surface area contributed by atoms with E-state index in [4.69, 9.17) is 0 Å². The van der Waals surface area contributed by atoms with Gasteiger partial charge in [0.15, 0.2) is 0 Å². The molecule has 1 fully saturated rings. The summed E-state index contributed by atoms with van der Waals surface area (Å²) in [6.07, 6.45) is 7.43. The number of aromatic nitrogens is 5. The highest BCUT2D eigenvalue weighted by Gasteiger charge is 2.20. The molecule has 3 rings (SSSR count). The molecule has 2 N–H and O–H groups in total. The fraction of sp³-hybridized carbons (Fsp3) is 0.538. The molecule has 20 heavy (non-hydrogen) atoms. The van der Waals surface area contributed by atoms with E-state index in [1.54, 1.807) is 10.9 Å². The second-order valence-electron chi connectivity index (χ2n) is 4.92. The van der Waals surface area contributed by atoms with Crippen LogP contribution in [0.5, 0.6) is 0 Å². The van der Waals surface area contributed by atoms with E-state index in [0.717, 1.165) is 19.0 Å². The molecule has 2 aromatic rings. The van der Waals surface area contributed by atoms with Crippen LogP contribution < -0.4 is 10.6 Å². The average molecular weight is 273 g/mol. The molecule has 2 aromatic heterocycles. The Bertz CT molecular complexity index is 548. The SMILES string of the molecule is CCNc1nc(NCCC2CC2)nc(-n2cccn2)n1. The molecular weight excluding hydrogens is 254 g/mol. The van der Waals surface area contributed by atoms with Crippen molar-refractivity contribution in [3.63, 3.8) is 0 Å². The predicted molar refractivity (Wildman–Crippen MR) is 76.9 cm³/mol. The minimum absolute atomic E-state index is 0.523. The first-order valence-corrected chi connectivity index (χ1v) is 7.09. The van der Waals surface area contributed by atoms with Crippen LogP contribution in [-0.2, 0) is 0 Å². The Morgan fingerprint density at radius 1 is 1.20 bits per heavy atom. The Morgan fingerprint density at radius 2 is 2.00 bits per heavy atom.